The SMILES string of the molecule is C[C@@H](c1nc2ccccc2s1)N(C)C(=O)c1ccc(Cn2cncn2)cc1. The number of nitrogens with zero attached hydrogens (tertiary/aromatic N) is 5. The van der Waals surface area contributed by atoms with Crippen LogP contribution in [0.4, 0.5) is 0 Å². The number of carbonyl (C=O) groups excluding carboxylic acids is 1. The highest BCUT2D eigenvalue weighted by atomic mass is 32.1. The molecule has 2 heterocycles. The van der Waals surface area contributed by atoms with Crippen molar-refractivity contribution in [2.24, 2.45) is 0 Å². The lowest BCUT2D eigenvalue weighted by molar-refractivity contribution is 0.0742. The van der Waals surface area contributed by atoms with Gasteiger partial charge in [0.15, 0.2) is 0 Å². The van der Waals surface area contributed by atoms with Gasteiger partial charge < -0.3 is 4.90 Å². The van der Waals surface area contributed by atoms with Gasteiger partial charge in [0.2, 0.25) is 0 Å². The monoisotopic (exact) mass is 377 g/mol. The zero-order valence-corrected chi connectivity index (χ0v) is 15.9. The summed E-state index contributed by atoms with van der Waals surface area (Å²) in [4.78, 5) is 23.2. The van der Waals surface area contributed by atoms with Crippen LogP contribution in [0.25, 0.3) is 10.2 Å². The van der Waals surface area contributed by atoms with Crippen LogP contribution in [0.3, 0.4) is 0 Å². The van der Waals surface area contributed by atoms with E-state index in [0.29, 0.717) is 12.1 Å². The Labute approximate surface area is 161 Å². The van der Waals surface area contributed by atoms with Gasteiger partial charge in [-0.2, -0.15) is 5.10 Å². The number of thiazole rings is 1. The molecule has 0 saturated heterocycles. The van der Waals surface area contributed by atoms with Gasteiger partial charge in [-0.25, -0.2) is 14.6 Å². The van der Waals surface area contributed by atoms with E-state index in [1.54, 1.807) is 27.2 Å². The molecule has 0 bridgehead atoms. The first-order valence-electron chi connectivity index (χ1n) is 8.66. The third-order valence-electron chi connectivity index (χ3n) is 4.58. The largest absolute Gasteiger partial charge is 0.333 e. The van der Waals surface area contributed by atoms with E-state index in [-0.39, 0.29) is 11.9 Å². The predicted octanol–water partition coefficient (Wildman–Crippen LogP) is 3.77. The fourth-order valence-electron chi connectivity index (χ4n) is 2.87. The summed E-state index contributed by atoms with van der Waals surface area (Å²) in [5.74, 6) is -0.0194. The summed E-state index contributed by atoms with van der Waals surface area (Å²) in [6, 6.07) is 15.6. The summed E-state index contributed by atoms with van der Waals surface area (Å²) in [5, 5.41) is 5.04. The van der Waals surface area contributed by atoms with Crippen LogP contribution in [0.5, 0.6) is 0 Å². The van der Waals surface area contributed by atoms with E-state index >= 15 is 0 Å². The molecule has 0 N–H and O–H groups in total. The van der Waals surface area contributed by atoms with Gasteiger partial charge in [0.1, 0.15) is 17.7 Å². The van der Waals surface area contributed by atoms with Gasteiger partial charge in [-0.1, -0.05) is 24.3 Å². The number of carbonyl (C=O) groups is 1. The van der Waals surface area contributed by atoms with E-state index in [0.717, 1.165) is 20.8 Å². The molecule has 0 aliphatic heterocycles. The maximum atomic E-state index is 12.9. The molecule has 0 fully saturated rings. The Morgan fingerprint density at radius 3 is 2.67 bits per heavy atom. The summed E-state index contributed by atoms with van der Waals surface area (Å²) in [6.07, 6.45) is 3.18. The normalized spacial score (nSPS) is 12.2. The minimum absolute atomic E-state index is 0.0194. The first-order chi connectivity index (χ1) is 13.1. The highest BCUT2D eigenvalue weighted by molar-refractivity contribution is 7.18. The van der Waals surface area contributed by atoms with Crippen molar-refractivity contribution in [3.63, 3.8) is 0 Å². The second-order valence-corrected chi connectivity index (χ2v) is 7.46. The average molecular weight is 377 g/mol. The molecule has 2 aromatic carbocycles. The Bertz CT molecular complexity index is 1020. The van der Waals surface area contributed by atoms with E-state index in [9.17, 15) is 4.79 Å². The molecule has 6 nitrogen and oxygen atoms in total. The molecule has 0 aliphatic carbocycles. The molecule has 2 aromatic heterocycles. The first kappa shape index (κ1) is 17.4. The third-order valence-corrected chi connectivity index (χ3v) is 5.79. The number of aromatic nitrogens is 4. The summed E-state index contributed by atoms with van der Waals surface area (Å²) >= 11 is 1.63. The standard InChI is InChI=1S/C20H19N5OS/c1-14(19-23-17-5-3-4-6-18(17)27-19)24(2)20(26)16-9-7-15(8-10-16)11-25-13-21-12-22-25/h3-10,12-14H,11H2,1-2H3/t14-/m0/s1. The van der Waals surface area contributed by atoms with Crippen molar-refractivity contribution in [1.29, 1.82) is 0 Å². The lowest BCUT2D eigenvalue weighted by Gasteiger charge is -2.23. The number of fused-ring (bicyclic) bond motifs is 1. The molecule has 1 atom stereocenters. The maximum absolute atomic E-state index is 12.9. The zero-order chi connectivity index (χ0) is 18.8. The molecular weight excluding hydrogens is 358 g/mol. The zero-order valence-electron chi connectivity index (χ0n) is 15.1. The Kier molecular flexibility index (Phi) is 4.68. The number of hydrogen-bond donors (Lipinski definition) is 0. The Balaban J connectivity index is 1.49. The van der Waals surface area contributed by atoms with Gasteiger partial charge in [-0.3, -0.25) is 4.79 Å². The fraction of sp³-hybridized carbons (Fsp3) is 0.200. The second-order valence-electron chi connectivity index (χ2n) is 6.40. The van der Waals surface area contributed by atoms with Gasteiger partial charge >= 0.3 is 0 Å². The minimum atomic E-state index is -0.0928. The summed E-state index contributed by atoms with van der Waals surface area (Å²) in [6.45, 7) is 2.64. The van der Waals surface area contributed by atoms with Gasteiger partial charge in [0.25, 0.3) is 5.91 Å². The van der Waals surface area contributed by atoms with E-state index in [1.807, 2.05) is 56.4 Å². The van der Waals surface area contributed by atoms with E-state index in [4.69, 9.17) is 0 Å². The van der Waals surface area contributed by atoms with E-state index < -0.39 is 0 Å². The molecule has 27 heavy (non-hydrogen) atoms. The van der Waals surface area contributed by atoms with Crippen LogP contribution in [0.1, 0.15) is 33.9 Å². The average Bonchev–Trinajstić information content (AvgIpc) is 3.36. The van der Waals surface area contributed by atoms with Gasteiger partial charge in [0, 0.05) is 12.6 Å². The molecule has 0 unspecified atom stereocenters. The number of hydrogen-bond acceptors (Lipinski definition) is 5. The molecule has 0 aliphatic rings. The third kappa shape index (κ3) is 3.59. The summed E-state index contributed by atoms with van der Waals surface area (Å²) in [7, 11) is 1.82. The van der Waals surface area contributed by atoms with Crippen molar-refractivity contribution in [2.75, 3.05) is 7.05 Å². The van der Waals surface area contributed by atoms with Gasteiger partial charge in [-0.15, -0.1) is 11.3 Å². The number of amides is 1. The van der Waals surface area contributed by atoms with Crippen LogP contribution in [0.15, 0.2) is 61.2 Å². The first-order valence-corrected chi connectivity index (χ1v) is 9.47. The summed E-state index contributed by atoms with van der Waals surface area (Å²) in [5.41, 5.74) is 2.70. The van der Waals surface area contributed by atoms with Gasteiger partial charge in [-0.05, 0) is 36.8 Å². The molecule has 136 valence electrons. The van der Waals surface area contributed by atoms with E-state index in [2.05, 4.69) is 21.1 Å². The smallest absolute Gasteiger partial charge is 0.254 e. The molecule has 0 spiro atoms. The van der Waals surface area contributed by atoms with Crippen LogP contribution in [0, 0.1) is 0 Å². The highest BCUT2D eigenvalue weighted by Gasteiger charge is 2.21. The van der Waals surface area contributed by atoms with Crippen molar-refractivity contribution < 1.29 is 4.79 Å². The highest BCUT2D eigenvalue weighted by Crippen LogP contribution is 2.29. The van der Waals surface area contributed by atoms with Crippen LogP contribution < -0.4 is 0 Å². The Morgan fingerprint density at radius 1 is 1.19 bits per heavy atom. The van der Waals surface area contributed by atoms with Crippen molar-refractivity contribution in [2.45, 2.75) is 19.5 Å². The van der Waals surface area contributed by atoms with Crippen molar-refractivity contribution in [1.82, 2.24) is 24.6 Å². The van der Waals surface area contributed by atoms with E-state index in [1.165, 1.54) is 6.33 Å². The molecule has 4 rings (SSSR count). The number of benzene rings is 2. The van der Waals surface area contributed by atoms with Crippen molar-refractivity contribution in [3.05, 3.63) is 77.3 Å². The molecule has 1 amide bonds. The number of rotatable bonds is 5. The lowest BCUT2D eigenvalue weighted by Crippen LogP contribution is -2.29. The molecule has 0 saturated carbocycles. The number of para-hydroxylation sites is 1. The van der Waals surface area contributed by atoms with Crippen LogP contribution in [-0.4, -0.2) is 37.6 Å². The van der Waals surface area contributed by atoms with Crippen molar-refractivity contribution in [3.8, 4) is 0 Å². The van der Waals surface area contributed by atoms with Crippen molar-refractivity contribution >= 4 is 27.5 Å². The molecular formula is C20H19N5OS. The van der Waals surface area contributed by atoms with Crippen LogP contribution in [-0.2, 0) is 6.54 Å². The summed E-state index contributed by atoms with van der Waals surface area (Å²) < 4.78 is 2.88. The quantitative estimate of drug-likeness (QED) is 0.531. The maximum Gasteiger partial charge on any atom is 0.254 e. The second kappa shape index (κ2) is 7.28. The van der Waals surface area contributed by atoms with Gasteiger partial charge in [0.05, 0.1) is 22.8 Å². The molecule has 7 heteroatoms. The Morgan fingerprint density at radius 2 is 1.96 bits per heavy atom. The topological polar surface area (TPSA) is 63.9 Å². The molecule has 4 aromatic rings. The Hall–Kier alpha value is -3.06. The minimum Gasteiger partial charge on any atom is -0.333 e. The predicted molar refractivity (Wildman–Crippen MR) is 106 cm³/mol. The fourth-order valence-corrected chi connectivity index (χ4v) is 3.93. The molecule has 0 radical (unpaired) electrons. The van der Waals surface area contributed by atoms with Crippen LogP contribution >= 0.6 is 11.3 Å². The van der Waals surface area contributed by atoms with Crippen LogP contribution in [0.2, 0.25) is 0 Å². The lowest BCUT2D eigenvalue weighted by atomic mass is 10.1.